The molecule has 0 saturated heterocycles. The molecule has 0 N–H and O–H groups in total. The number of carbonyl (C=O) groups is 2. The van der Waals surface area contributed by atoms with Crippen LogP contribution in [0.4, 0.5) is 0 Å². The quantitative estimate of drug-likeness (QED) is 0.700. The molecule has 2 saturated carbocycles. The fourth-order valence-corrected chi connectivity index (χ4v) is 5.07. The minimum Gasteiger partial charge on any atom is -0.491 e. The number of nitrogens with zero attached hydrogens (tertiary/aromatic N) is 2. The highest BCUT2D eigenvalue weighted by atomic mass is 32.1. The second kappa shape index (κ2) is 7.82. The summed E-state index contributed by atoms with van der Waals surface area (Å²) in [5.74, 6) is 1.20. The molecule has 2 amide bonds. The molecule has 1 aromatic carbocycles. The number of fused-ring (bicyclic) bond motifs is 1. The Kier molecular flexibility index (Phi) is 5.04. The molecule has 0 bridgehead atoms. The van der Waals surface area contributed by atoms with Crippen molar-refractivity contribution >= 4 is 23.2 Å². The van der Waals surface area contributed by atoms with Crippen molar-refractivity contribution < 1.29 is 14.3 Å². The van der Waals surface area contributed by atoms with Crippen LogP contribution in [0.1, 0.15) is 42.2 Å². The van der Waals surface area contributed by atoms with Crippen molar-refractivity contribution in [3.05, 3.63) is 52.2 Å². The van der Waals surface area contributed by atoms with Crippen LogP contribution < -0.4 is 4.74 Å². The molecular weight excluding hydrogens is 384 g/mol. The molecule has 0 unspecified atom stereocenters. The Bertz CT molecular complexity index is 889. The maximum absolute atomic E-state index is 13.3. The lowest BCUT2D eigenvalue weighted by Crippen LogP contribution is -2.48. The molecule has 1 aromatic heterocycles. The summed E-state index contributed by atoms with van der Waals surface area (Å²) >= 11 is 1.75. The van der Waals surface area contributed by atoms with Gasteiger partial charge in [-0.3, -0.25) is 9.59 Å². The lowest BCUT2D eigenvalue weighted by Gasteiger charge is -2.37. The third-order valence-electron chi connectivity index (χ3n) is 6.07. The third-order valence-corrected chi connectivity index (χ3v) is 7.07. The van der Waals surface area contributed by atoms with E-state index in [0.717, 1.165) is 37.9 Å². The Morgan fingerprint density at radius 2 is 1.90 bits per heavy atom. The summed E-state index contributed by atoms with van der Waals surface area (Å²) in [4.78, 5) is 31.1. The van der Waals surface area contributed by atoms with E-state index in [2.05, 4.69) is 11.4 Å². The van der Waals surface area contributed by atoms with Crippen LogP contribution in [0.2, 0.25) is 0 Å². The average molecular weight is 411 g/mol. The molecule has 0 radical (unpaired) electrons. The number of hydrogen-bond acceptors (Lipinski definition) is 4. The monoisotopic (exact) mass is 410 g/mol. The summed E-state index contributed by atoms with van der Waals surface area (Å²) in [6, 6.07) is 12.0. The van der Waals surface area contributed by atoms with E-state index in [1.165, 1.54) is 10.4 Å². The fourth-order valence-electron chi connectivity index (χ4n) is 4.14. The van der Waals surface area contributed by atoms with Crippen LogP contribution >= 0.6 is 11.3 Å². The van der Waals surface area contributed by atoms with Gasteiger partial charge in [0, 0.05) is 23.4 Å². The van der Waals surface area contributed by atoms with Gasteiger partial charge in [-0.2, -0.15) is 0 Å². The second-order valence-electron chi connectivity index (χ2n) is 8.25. The standard InChI is InChI=1S/C23H26N2O3S/c26-22(14-25(17-8-9-17)23(27)16-6-7-16)24-12-10-21-19(11-13-29-21)20(24)15-28-18-4-2-1-3-5-18/h1-5,11,13,16-17,20H,6-10,12,14-15H2/t20-/m1/s1. The van der Waals surface area contributed by atoms with Gasteiger partial charge in [-0.25, -0.2) is 0 Å². The number of para-hydroxylation sites is 1. The molecule has 2 fully saturated rings. The first-order valence-electron chi connectivity index (χ1n) is 10.5. The summed E-state index contributed by atoms with van der Waals surface area (Å²) in [5, 5.41) is 2.10. The highest BCUT2D eigenvalue weighted by molar-refractivity contribution is 7.10. The minimum absolute atomic E-state index is 0.0458. The van der Waals surface area contributed by atoms with E-state index >= 15 is 0 Å². The maximum Gasteiger partial charge on any atom is 0.242 e. The number of carbonyl (C=O) groups excluding carboxylic acids is 2. The van der Waals surface area contributed by atoms with Crippen molar-refractivity contribution in [2.45, 2.75) is 44.2 Å². The molecular formula is C23H26N2O3S. The van der Waals surface area contributed by atoms with Gasteiger partial charge in [0.05, 0.1) is 6.04 Å². The molecule has 1 atom stereocenters. The van der Waals surface area contributed by atoms with Crippen molar-refractivity contribution in [1.82, 2.24) is 9.80 Å². The van der Waals surface area contributed by atoms with E-state index < -0.39 is 0 Å². The van der Waals surface area contributed by atoms with E-state index in [4.69, 9.17) is 4.74 Å². The van der Waals surface area contributed by atoms with Crippen LogP contribution in [0.15, 0.2) is 41.8 Å². The molecule has 2 aromatic rings. The zero-order valence-electron chi connectivity index (χ0n) is 16.5. The topological polar surface area (TPSA) is 49.9 Å². The number of benzene rings is 1. The number of hydrogen-bond donors (Lipinski definition) is 0. The SMILES string of the molecule is O=C(C1CC1)N(CC(=O)N1CCc2sccc2[C@H]1COc1ccccc1)C1CC1. The highest BCUT2D eigenvalue weighted by Crippen LogP contribution is 2.37. The van der Waals surface area contributed by atoms with Crippen molar-refractivity contribution in [3.8, 4) is 5.75 Å². The van der Waals surface area contributed by atoms with Gasteiger partial charge in [0.15, 0.2) is 0 Å². The zero-order valence-corrected chi connectivity index (χ0v) is 17.3. The van der Waals surface area contributed by atoms with Gasteiger partial charge < -0.3 is 14.5 Å². The van der Waals surface area contributed by atoms with Crippen LogP contribution in [0.5, 0.6) is 5.75 Å². The summed E-state index contributed by atoms with van der Waals surface area (Å²) in [5.41, 5.74) is 1.19. The van der Waals surface area contributed by atoms with Crippen LogP contribution in [-0.2, 0) is 16.0 Å². The fraction of sp³-hybridized carbons (Fsp3) is 0.478. The number of ether oxygens (including phenoxy) is 1. The first kappa shape index (κ1) is 18.7. The van der Waals surface area contributed by atoms with E-state index in [0.29, 0.717) is 13.2 Å². The van der Waals surface area contributed by atoms with Gasteiger partial charge in [-0.05, 0) is 61.2 Å². The van der Waals surface area contributed by atoms with E-state index in [9.17, 15) is 9.59 Å². The summed E-state index contributed by atoms with van der Waals surface area (Å²) in [6.45, 7) is 1.33. The van der Waals surface area contributed by atoms with E-state index in [1.807, 2.05) is 40.1 Å². The molecule has 5 nitrogen and oxygen atoms in total. The molecule has 1 aliphatic heterocycles. The van der Waals surface area contributed by atoms with Crippen molar-refractivity contribution in [2.24, 2.45) is 5.92 Å². The Labute approximate surface area is 175 Å². The predicted molar refractivity (Wildman–Crippen MR) is 112 cm³/mol. The Balaban J connectivity index is 1.32. The summed E-state index contributed by atoms with van der Waals surface area (Å²) in [7, 11) is 0. The first-order valence-corrected chi connectivity index (χ1v) is 11.4. The lowest BCUT2D eigenvalue weighted by molar-refractivity contribution is -0.143. The van der Waals surface area contributed by atoms with Crippen LogP contribution in [0, 0.1) is 5.92 Å². The second-order valence-corrected chi connectivity index (χ2v) is 9.25. The highest BCUT2D eigenvalue weighted by Gasteiger charge is 2.42. The summed E-state index contributed by atoms with van der Waals surface area (Å²) in [6.07, 6.45) is 4.89. The predicted octanol–water partition coefficient (Wildman–Crippen LogP) is 3.65. The van der Waals surface area contributed by atoms with Gasteiger partial charge in [-0.1, -0.05) is 18.2 Å². The van der Waals surface area contributed by atoms with Crippen molar-refractivity contribution in [1.29, 1.82) is 0 Å². The Morgan fingerprint density at radius 3 is 2.62 bits per heavy atom. The third kappa shape index (κ3) is 4.04. The molecule has 2 heterocycles. The molecule has 3 aliphatic rings. The first-order chi connectivity index (χ1) is 14.2. The van der Waals surface area contributed by atoms with E-state index in [-0.39, 0.29) is 36.4 Å². The molecule has 152 valence electrons. The van der Waals surface area contributed by atoms with Crippen LogP contribution in [0.3, 0.4) is 0 Å². The van der Waals surface area contributed by atoms with Gasteiger partial charge in [0.1, 0.15) is 18.9 Å². The molecule has 5 rings (SSSR count). The van der Waals surface area contributed by atoms with Gasteiger partial charge in [-0.15, -0.1) is 11.3 Å². The zero-order chi connectivity index (χ0) is 19.8. The number of amides is 2. The van der Waals surface area contributed by atoms with Crippen molar-refractivity contribution in [2.75, 3.05) is 19.7 Å². The average Bonchev–Trinajstić information content (AvgIpc) is 3.67. The summed E-state index contributed by atoms with van der Waals surface area (Å²) < 4.78 is 6.04. The maximum atomic E-state index is 13.3. The Hall–Kier alpha value is -2.34. The van der Waals surface area contributed by atoms with Gasteiger partial charge >= 0.3 is 0 Å². The number of rotatable bonds is 7. The molecule has 0 spiro atoms. The minimum atomic E-state index is -0.102. The molecule has 2 aliphatic carbocycles. The number of thiophene rings is 1. The molecule has 29 heavy (non-hydrogen) atoms. The normalized spacial score (nSPS) is 20.8. The smallest absolute Gasteiger partial charge is 0.242 e. The molecule has 6 heteroatoms. The van der Waals surface area contributed by atoms with Crippen LogP contribution in [-0.4, -0.2) is 47.4 Å². The van der Waals surface area contributed by atoms with Gasteiger partial charge in [0.25, 0.3) is 0 Å². The lowest BCUT2D eigenvalue weighted by atomic mass is 10.0. The van der Waals surface area contributed by atoms with Crippen molar-refractivity contribution in [3.63, 3.8) is 0 Å². The van der Waals surface area contributed by atoms with Crippen LogP contribution in [0.25, 0.3) is 0 Å². The van der Waals surface area contributed by atoms with Gasteiger partial charge in [0.2, 0.25) is 11.8 Å². The largest absolute Gasteiger partial charge is 0.491 e. The Morgan fingerprint density at radius 1 is 1.10 bits per heavy atom. The van der Waals surface area contributed by atoms with E-state index in [1.54, 1.807) is 11.3 Å².